The predicted molar refractivity (Wildman–Crippen MR) is 127 cm³/mol. The Hall–Kier alpha value is -3.91. The summed E-state index contributed by atoms with van der Waals surface area (Å²) in [5.74, 6) is -0.915. The van der Waals surface area contributed by atoms with E-state index in [0.29, 0.717) is 12.8 Å². The van der Waals surface area contributed by atoms with Gasteiger partial charge in [-0.3, -0.25) is 14.4 Å². The van der Waals surface area contributed by atoms with Crippen LogP contribution in [0.1, 0.15) is 18.1 Å². The molecule has 0 aliphatic carbocycles. The van der Waals surface area contributed by atoms with Gasteiger partial charge in [0, 0.05) is 40.6 Å². The second-order valence-corrected chi connectivity index (χ2v) is 8.14. The molecule has 0 spiro atoms. The number of para-hydroxylation sites is 2. The fourth-order valence-corrected chi connectivity index (χ4v) is 3.96. The molecule has 2 aromatic carbocycles. The van der Waals surface area contributed by atoms with Gasteiger partial charge in [0.25, 0.3) is 0 Å². The molecular formula is C25H26N5O3. The van der Waals surface area contributed by atoms with Crippen molar-refractivity contribution in [2.45, 2.75) is 37.9 Å². The topological polar surface area (TPSA) is 133 Å². The molecule has 0 fully saturated rings. The number of hydrogen-bond acceptors (Lipinski definition) is 4. The van der Waals surface area contributed by atoms with E-state index in [1.54, 1.807) is 6.92 Å². The number of nitrogens with two attached hydrogens (primary N) is 1. The standard InChI is InChI=1S/C25H26N5O3/c1-15(29-25(33)21(26)11-17-13-28-23-9-5-3-7-20(17)23)24(32)30-18(14-31)10-16-12-27-22-8-4-2-6-19(16)22/h2-9,12-13,15,18,21,27-28H,10-11,26H2,1H3,(H,29,33)(H,30,32)/t15-,18-,21-/m0/s1. The third-order valence-corrected chi connectivity index (χ3v) is 5.76. The van der Waals surface area contributed by atoms with Crippen LogP contribution in [0.25, 0.3) is 21.8 Å². The second kappa shape index (κ2) is 9.70. The Labute approximate surface area is 190 Å². The third kappa shape index (κ3) is 4.96. The Bertz CT molecular complexity index is 1290. The van der Waals surface area contributed by atoms with Crippen molar-refractivity contribution in [1.82, 2.24) is 20.6 Å². The lowest BCUT2D eigenvalue weighted by atomic mass is 10.0. The van der Waals surface area contributed by atoms with Crippen LogP contribution in [0, 0.1) is 0 Å². The van der Waals surface area contributed by atoms with E-state index in [0.717, 1.165) is 32.9 Å². The summed E-state index contributed by atoms with van der Waals surface area (Å²) in [5, 5.41) is 7.27. The minimum Gasteiger partial charge on any atom is -0.361 e. The van der Waals surface area contributed by atoms with Gasteiger partial charge in [0.15, 0.2) is 0 Å². The van der Waals surface area contributed by atoms with Crippen molar-refractivity contribution in [3.63, 3.8) is 0 Å². The summed E-state index contributed by atoms with van der Waals surface area (Å²) in [7, 11) is 0. The molecular weight excluding hydrogens is 418 g/mol. The van der Waals surface area contributed by atoms with E-state index in [1.165, 1.54) is 0 Å². The first-order valence-electron chi connectivity index (χ1n) is 10.8. The molecule has 169 valence electrons. The number of H-pyrrole nitrogens is 2. The van der Waals surface area contributed by atoms with Gasteiger partial charge >= 0.3 is 0 Å². The van der Waals surface area contributed by atoms with Crippen molar-refractivity contribution >= 4 is 39.9 Å². The Morgan fingerprint density at radius 2 is 1.42 bits per heavy atom. The van der Waals surface area contributed by atoms with E-state index < -0.39 is 29.9 Å². The molecule has 0 saturated carbocycles. The number of carbonyl (C=O) groups excluding carboxylic acids is 3. The van der Waals surface area contributed by atoms with Crippen molar-refractivity contribution in [1.29, 1.82) is 0 Å². The smallest absolute Gasteiger partial charge is 0.242 e. The number of carbonyl (C=O) groups is 2. The minimum atomic E-state index is -0.856. The van der Waals surface area contributed by atoms with Crippen LogP contribution in [0.15, 0.2) is 60.9 Å². The lowest BCUT2D eigenvalue weighted by Gasteiger charge is -2.19. The molecule has 0 unspecified atom stereocenters. The Morgan fingerprint density at radius 3 is 2.00 bits per heavy atom. The molecule has 8 heteroatoms. The maximum atomic E-state index is 12.6. The summed E-state index contributed by atoms with van der Waals surface area (Å²) in [6.45, 7) is 1.55. The zero-order valence-electron chi connectivity index (χ0n) is 18.2. The van der Waals surface area contributed by atoms with Gasteiger partial charge in [0.05, 0.1) is 12.1 Å². The van der Waals surface area contributed by atoms with Crippen LogP contribution in [0.3, 0.4) is 0 Å². The predicted octanol–water partition coefficient (Wildman–Crippen LogP) is 1.86. The van der Waals surface area contributed by atoms with Crippen molar-refractivity contribution in [2.75, 3.05) is 0 Å². The Kier molecular flexibility index (Phi) is 6.55. The average Bonchev–Trinajstić information content (AvgIpc) is 3.42. The molecule has 0 aliphatic rings. The highest BCUT2D eigenvalue weighted by molar-refractivity contribution is 5.91. The molecule has 3 atom stereocenters. The van der Waals surface area contributed by atoms with Gasteiger partial charge < -0.3 is 26.3 Å². The van der Waals surface area contributed by atoms with E-state index >= 15 is 0 Å². The van der Waals surface area contributed by atoms with Crippen molar-refractivity contribution in [3.05, 3.63) is 72.1 Å². The van der Waals surface area contributed by atoms with Crippen molar-refractivity contribution in [3.8, 4) is 0 Å². The number of aromatic amines is 2. The van der Waals surface area contributed by atoms with Crippen LogP contribution in [0.4, 0.5) is 0 Å². The summed E-state index contributed by atoms with van der Waals surface area (Å²) in [6.07, 6.45) is 6.15. The summed E-state index contributed by atoms with van der Waals surface area (Å²) >= 11 is 0. The maximum Gasteiger partial charge on any atom is 0.242 e. The lowest BCUT2D eigenvalue weighted by molar-refractivity contribution is -0.129. The Morgan fingerprint density at radius 1 is 0.879 bits per heavy atom. The highest BCUT2D eigenvalue weighted by atomic mass is 16.2. The van der Waals surface area contributed by atoms with Gasteiger partial charge in [-0.25, -0.2) is 0 Å². The number of amides is 2. The monoisotopic (exact) mass is 444 g/mol. The van der Waals surface area contributed by atoms with Gasteiger partial charge in [-0.15, -0.1) is 0 Å². The summed E-state index contributed by atoms with van der Waals surface area (Å²) < 4.78 is 0. The first-order chi connectivity index (χ1) is 16.0. The summed E-state index contributed by atoms with van der Waals surface area (Å²) in [6, 6.07) is 13.0. The number of nitrogens with one attached hydrogen (secondary N) is 4. The number of benzene rings is 2. The molecule has 0 bridgehead atoms. The SMILES string of the molecule is C[C@H](NC(=O)[C@@H](N)Cc1c[nH]c2ccccc12)C(=O)N[C@H]([C]=O)Cc1c[nH]c2ccccc12. The quantitative estimate of drug-likeness (QED) is 0.269. The first kappa shape index (κ1) is 22.3. The van der Waals surface area contributed by atoms with E-state index in [1.807, 2.05) is 67.2 Å². The molecule has 0 saturated heterocycles. The van der Waals surface area contributed by atoms with E-state index in [4.69, 9.17) is 5.73 Å². The molecule has 8 nitrogen and oxygen atoms in total. The molecule has 1 radical (unpaired) electrons. The molecule has 4 aromatic rings. The maximum absolute atomic E-state index is 12.6. The molecule has 6 N–H and O–H groups in total. The molecule has 4 rings (SSSR count). The number of rotatable bonds is 9. The minimum absolute atomic E-state index is 0.292. The fraction of sp³-hybridized carbons (Fsp3) is 0.240. The average molecular weight is 445 g/mol. The van der Waals surface area contributed by atoms with Crippen molar-refractivity contribution in [2.24, 2.45) is 5.73 Å². The van der Waals surface area contributed by atoms with Gasteiger partial charge in [0.2, 0.25) is 18.1 Å². The van der Waals surface area contributed by atoms with Crippen LogP contribution in [0.2, 0.25) is 0 Å². The molecule has 33 heavy (non-hydrogen) atoms. The van der Waals surface area contributed by atoms with Crippen LogP contribution in [0.5, 0.6) is 0 Å². The number of aromatic nitrogens is 2. The van der Waals surface area contributed by atoms with Gasteiger partial charge in [0.1, 0.15) is 6.04 Å². The number of hydrogen-bond donors (Lipinski definition) is 5. The lowest BCUT2D eigenvalue weighted by Crippen LogP contribution is -2.53. The van der Waals surface area contributed by atoms with E-state index in [-0.39, 0.29) is 0 Å². The van der Waals surface area contributed by atoms with E-state index in [9.17, 15) is 14.4 Å². The van der Waals surface area contributed by atoms with Crippen molar-refractivity contribution < 1.29 is 14.4 Å². The van der Waals surface area contributed by atoms with Crippen LogP contribution < -0.4 is 16.4 Å². The number of fused-ring (bicyclic) bond motifs is 2. The van der Waals surface area contributed by atoms with Gasteiger partial charge in [-0.2, -0.15) is 0 Å². The second-order valence-electron chi connectivity index (χ2n) is 8.14. The Balaban J connectivity index is 1.33. The zero-order valence-corrected chi connectivity index (χ0v) is 18.2. The summed E-state index contributed by atoms with van der Waals surface area (Å²) in [4.78, 5) is 43.0. The molecule has 2 heterocycles. The molecule has 2 aromatic heterocycles. The van der Waals surface area contributed by atoms with E-state index in [2.05, 4.69) is 20.6 Å². The van der Waals surface area contributed by atoms with Crippen LogP contribution in [-0.2, 0) is 27.2 Å². The molecule has 0 aliphatic heterocycles. The highest BCUT2D eigenvalue weighted by Crippen LogP contribution is 2.20. The zero-order chi connectivity index (χ0) is 23.4. The first-order valence-corrected chi connectivity index (χ1v) is 10.8. The fourth-order valence-electron chi connectivity index (χ4n) is 3.96. The largest absolute Gasteiger partial charge is 0.361 e. The normalized spacial score (nSPS) is 14.0. The van der Waals surface area contributed by atoms with Gasteiger partial charge in [-0.05, 0) is 36.6 Å². The van der Waals surface area contributed by atoms with Gasteiger partial charge in [-0.1, -0.05) is 36.4 Å². The van der Waals surface area contributed by atoms with Crippen LogP contribution in [-0.4, -0.2) is 46.2 Å². The molecule has 2 amide bonds. The third-order valence-electron chi connectivity index (χ3n) is 5.76. The van der Waals surface area contributed by atoms with Crippen LogP contribution >= 0.6 is 0 Å². The summed E-state index contributed by atoms with van der Waals surface area (Å²) in [5.41, 5.74) is 9.85. The highest BCUT2D eigenvalue weighted by Gasteiger charge is 2.23.